The Morgan fingerprint density at radius 2 is 2.14 bits per heavy atom. The molecule has 184 valence electrons. The molecule has 1 aromatic heterocycles. The van der Waals surface area contributed by atoms with Gasteiger partial charge in [0, 0.05) is 17.4 Å². The first kappa shape index (κ1) is 23.5. The number of halogens is 1. The van der Waals surface area contributed by atoms with Gasteiger partial charge in [0.2, 0.25) is 5.91 Å². The number of hydrogen-bond donors (Lipinski definition) is 2. The lowest BCUT2D eigenvalue weighted by Gasteiger charge is -2.49. The molecule has 3 aliphatic carbocycles. The highest BCUT2D eigenvalue weighted by Crippen LogP contribution is 2.63. The number of aliphatic hydroxyl groups excluding tert-OH is 1. The quantitative estimate of drug-likeness (QED) is 0.447. The molecule has 35 heavy (non-hydrogen) atoms. The van der Waals surface area contributed by atoms with E-state index in [0.29, 0.717) is 36.4 Å². The first-order valence-electron chi connectivity index (χ1n) is 12.3. The van der Waals surface area contributed by atoms with Crippen molar-refractivity contribution in [3.63, 3.8) is 0 Å². The molecule has 1 amide bonds. The van der Waals surface area contributed by atoms with E-state index in [1.165, 1.54) is 12.3 Å². The zero-order valence-corrected chi connectivity index (χ0v) is 20.1. The average molecular weight is 479 g/mol. The highest BCUT2D eigenvalue weighted by Gasteiger charge is 2.60. The number of carbonyl (C=O) groups excluding carboxylic acids is 2. The van der Waals surface area contributed by atoms with Crippen LogP contribution in [-0.4, -0.2) is 28.9 Å². The third kappa shape index (κ3) is 3.91. The largest absolute Gasteiger partial charge is 0.515 e. The van der Waals surface area contributed by atoms with Gasteiger partial charge in [-0.05, 0) is 85.1 Å². The Balaban J connectivity index is 1.37. The summed E-state index contributed by atoms with van der Waals surface area (Å²) in [6.45, 7) is 2.02. The Bertz CT molecular complexity index is 1180. The smallest absolute Gasteiger partial charge is 0.225 e. The molecule has 6 nitrogen and oxygen atoms in total. The molecule has 5 rings (SSSR count). The van der Waals surface area contributed by atoms with E-state index in [-0.39, 0.29) is 47.6 Å². The third-order valence-corrected chi connectivity index (χ3v) is 8.65. The SMILES string of the molecule is COc1ccc(NC(=O)CC[C@@H]2/C(=C/O)C(=O)[C@@]3(C)CCC4c5cccc(F)c5CCC4C23)nc1. The van der Waals surface area contributed by atoms with Crippen molar-refractivity contribution in [1.29, 1.82) is 0 Å². The first-order valence-corrected chi connectivity index (χ1v) is 12.3. The van der Waals surface area contributed by atoms with Crippen LogP contribution in [0.4, 0.5) is 10.2 Å². The van der Waals surface area contributed by atoms with Crippen molar-refractivity contribution in [2.24, 2.45) is 23.2 Å². The van der Waals surface area contributed by atoms with Gasteiger partial charge in [-0.25, -0.2) is 9.37 Å². The minimum absolute atomic E-state index is 0.00396. The van der Waals surface area contributed by atoms with Gasteiger partial charge in [-0.3, -0.25) is 9.59 Å². The number of nitrogens with one attached hydrogen (secondary N) is 1. The summed E-state index contributed by atoms with van der Waals surface area (Å²) in [5.74, 6) is 0.896. The molecule has 0 spiro atoms. The summed E-state index contributed by atoms with van der Waals surface area (Å²) in [6.07, 6.45) is 6.15. The van der Waals surface area contributed by atoms with Gasteiger partial charge >= 0.3 is 0 Å². The molecule has 1 heterocycles. The number of rotatable bonds is 5. The molecule has 0 saturated heterocycles. The van der Waals surface area contributed by atoms with Crippen molar-refractivity contribution in [2.45, 2.75) is 51.4 Å². The van der Waals surface area contributed by atoms with Crippen molar-refractivity contribution < 1.29 is 23.8 Å². The lowest BCUT2D eigenvalue weighted by atomic mass is 9.54. The summed E-state index contributed by atoms with van der Waals surface area (Å²) in [5.41, 5.74) is 1.74. The van der Waals surface area contributed by atoms with Gasteiger partial charge in [-0.2, -0.15) is 0 Å². The summed E-state index contributed by atoms with van der Waals surface area (Å²) >= 11 is 0. The van der Waals surface area contributed by atoms with Crippen LogP contribution in [0.25, 0.3) is 0 Å². The van der Waals surface area contributed by atoms with Gasteiger partial charge < -0.3 is 15.2 Å². The van der Waals surface area contributed by atoms with Gasteiger partial charge in [-0.1, -0.05) is 19.1 Å². The molecule has 2 N–H and O–H groups in total. The molecular weight excluding hydrogens is 447 g/mol. The summed E-state index contributed by atoms with van der Waals surface area (Å²) in [6, 6.07) is 8.73. The number of methoxy groups -OCH3 is 1. The zero-order chi connectivity index (χ0) is 24.7. The van der Waals surface area contributed by atoms with Crippen molar-refractivity contribution in [3.05, 3.63) is 65.3 Å². The van der Waals surface area contributed by atoms with Gasteiger partial charge in [0.1, 0.15) is 17.4 Å². The third-order valence-electron chi connectivity index (χ3n) is 8.65. The minimum atomic E-state index is -0.570. The number of fused-ring (bicyclic) bond motifs is 5. The van der Waals surface area contributed by atoms with Crippen LogP contribution in [0.3, 0.4) is 0 Å². The summed E-state index contributed by atoms with van der Waals surface area (Å²) in [4.78, 5) is 30.4. The maximum absolute atomic E-state index is 14.5. The Morgan fingerprint density at radius 3 is 2.86 bits per heavy atom. The molecule has 2 aromatic rings. The molecule has 3 aliphatic rings. The Morgan fingerprint density at radius 1 is 1.31 bits per heavy atom. The van der Waals surface area contributed by atoms with Gasteiger partial charge in [0.05, 0.1) is 19.6 Å². The molecular formula is C28H31FN2O4. The average Bonchev–Trinajstić information content (AvgIpc) is 3.09. The highest BCUT2D eigenvalue weighted by atomic mass is 19.1. The zero-order valence-electron chi connectivity index (χ0n) is 20.1. The van der Waals surface area contributed by atoms with Gasteiger partial charge in [0.25, 0.3) is 0 Å². The number of allylic oxidation sites excluding steroid dienone is 1. The minimum Gasteiger partial charge on any atom is -0.515 e. The van der Waals surface area contributed by atoms with Crippen LogP contribution in [0.15, 0.2) is 48.4 Å². The maximum Gasteiger partial charge on any atom is 0.225 e. The maximum atomic E-state index is 14.5. The number of hydrogen-bond acceptors (Lipinski definition) is 5. The Kier molecular flexibility index (Phi) is 6.11. The molecule has 7 heteroatoms. The van der Waals surface area contributed by atoms with Crippen LogP contribution < -0.4 is 10.1 Å². The van der Waals surface area contributed by atoms with E-state index in [1.807, 2.05) is 13.0 Å². The summed E-state index contributed by atoms with van der Waals surface area (Å²) < 4.78 is 19.6. The number of carbonyl (C=O) groups is 2. The molecule has 1 aromatic carbocycles. The van der Waals surface area contributed by atoms with E-state index in [0.717, 1.165) is 30.2 Å². The van der Waals surface area contributed by atoms with E-state index in [4.69, 9.17) is 4.74 Å². The van der Waals surface area contributed by atoms with Crippen LogP contribution >= 0.6 is 0 Å². The lowest BCUT2D eigenvalue weighted by Crippen LogP contribution is -2.44. The number of ketones is 1. The first-order chi connectivity index (χ1) is 16.9. The van der Waals surface area contributed by atoms with E-state index < -0.39 is 5.41 Å². The second-order valence-electron chi connectivity index (χ2n) is 10.3. The fraction of sp³-hybridized carbons (Fsp3) is 0.464. The standard InChI is InChI=1S/C28H31FN2O4/c1-28-13-12-18-17-4-3-5-23(29)19(17)7-8-20(18)26(28)21(22(15-32)27(28)34)9-11-25(33)31-24-10-6-16(35-2)14-30-24/h3-6,10,14-15,18,20-21,26,32H,7-9,11-13H2,1-2H3,(H,30,31,33)/b22-15-/t18?,20?,21-,26?,28+/m1/s1. The predicted octanol–water partition coefficient (Wildman–Crippen LogP) is 5.35. The molecule has 5 atom stereocenters. The molecule has 0 bridgehead atoms. The topological polar surface area (TPSA) is 88.5 Å². The fourth-order valence-corrected chi connectivity index (χ4v) is 7.08. The Labute approximate surface area is 204 Å². The number of amides is 1. The van der Waals surface area contributed by atoms with Crippen molar-refractivity contribution in [1.82, 2.24) is 4.98 Å². The van der Waals surface area contributed by atoms with Crippen LogP contribution in [0.5, 0.6) is 5.75 Å². The lowest BCUT2D eigenvalue weighted by molar-refractivity contribution is -0.127. The van der Waals surface area contributed by atoms with E-state index in [2.05, 4.69) is 10.3 Å². The van der Waals surface area contributed by atoms with Crippen LogP contribution in [-0.2, 0) is 16.0 Å². The van der Waals surface area contributed by atoms with Gasteiger partial charge in [0.15, 0.2) is 5.78 Å². The number of aromatic nitrogens is 1. The second-order valence-corrected chi connectivity index (χ2v) is 10.3. The number of pyridine rings is 1. The Hall–Kier alpha value is -3.22. The monoisotopic (exact) mass is 478 g/mol. The van der Waals surface area contributed by atoms with Crippen molar-refractivity contribution in [3.8, 4) is 5.75 Å². The van der Waals surface area contributed by atoms with E-state index in [1.54, 1.807) is 25.3 Å². The molecule has 0 aliphatic heterocycles. The number of ether oxygens (including phenoxy) is 1. The number of benzene rings is 1. The van der Waals surface area contributed by atoms with Gasteiger partial charge in [-0.15, -0.1) is 0 Å². The number of nitrogens with zero attached hydrogens (tertiary/aromatic N) is 1. The van der Waals surface area contributed by atoms with Crippen molar-refractivity contribution >= 4 is 17.5 Å². The molecule has 2 saturated carbocycles. The van der Waals surface area contributed by atoms with E-state index >= 15 is 0 Å². The molecule has 0 radical (unpaired) electrons. The predicted molar refractivity (Wildman–Crippen MR) is 130 cm³/mol. The molecule has 2 fully saturated rings. The van der Waals surface area contributed by atoms with E-state index in [9.17, 15) is 19.1 Å². The molecule has 3 unspecified atom stereocenters. The fourth-order valence-electron chi connectivity index (χ4n) is 7.08. The van der Waals surface area contributed by atoms with Crippen LogP contribution in [0, 0.1) is 29.0 Å². The number of Topliss-reactive ketones (excluding diaryl/α,β-unsaturated/α-hetero) is 1. The van der Waals surface area contributed by atoms with Crippen molar-refractivity contribution in [2.75, 3.05) is 12.4 Å². The normalized spacial score (nSPS) is 30.4. The van der Waals surface area contributed by atoms with Crippen LogP contribution in [0.1, 0.15) is 56.1 Å². The summed E-state index contributed by atoms with van der Waals surface area (Å²) in [7, 11) is 1.55. The number of anilines is 1. The summed E-state index contributed by atoms with van der Waals surface area (Å²) in [5, 5.41) is 12.9. The number of aliphatic hydroxyl groups is 1. The highest BCUT2D eigenvalue weighted by molar-refractivity contribution is 6.03. The second kappa shape index (κ2) is 9.10. The van der Waals surface area contributed by atoms with Crippen LogP contribution in [0.2, 0.25) is 0 Å².